The zero-order chi connectivity index (χ0) is 27.6. The second-order valence-electron chi connectivity index (χ2n) is 10.9. The SMILES string of the molecule is CC(C)(C)NS(=O)(=O)c1cc(Nc2ncc[nH]2)ccc1-c1cnc([C@H]2CC[C@H](NC(=O)OC3COC3)CC2)s1. The number of aromatic nitrogens is 3. The molecule has 0 bridgehead atoms. The molecule has 1 aliphatic carbocycles. The van der Waals surface area contributed by atoms with Crippen LogP contribution in [0.25, 0.3) is 10.4 Å². The van der Waals surface area contributed by atoms with Crippen LogP contribution in [0.5, 0.6) is 0 Å². The number of anilines is 2. The molecular weight excluding hydrogens is 540 g/mol. The standard InChI is InChI=1S/C26H34N6O5S2/c1-26(2,3)32-39(34,35)22-12-18(30-24-27-10-11-28-24)8-9-20(22)21-13-29-23(38-21)16-4-6-17(7-5-16)31-25(33)37-19-14-36-15-19/h8-13,16-17,19,32H,4-7,14-15H2,1-3H3,(H,31,33)(H2,27,28,30)/t16-,17-. The van der Waals surface area contributed by atoms with E-state index in [-0.39, 0.29) is 29.1 Å². The predicted molar refractivity (Wildman–Crippen MR) is 149 cm³/mol. The summed E-state index contributed by atoms with van der Waals surface area (Å²) in [5.74, 6) is 0.774. The number of hydrogen-bond donors (Lipinski definition) is 4. The first-order valence-corrected chi connectivity index (χ1v) is 15.3. The van der Waals surface area contributed by atoms with Gasteiger partial charge in [0.25, 0.3) is 0 Å². The molecule has 5 rings (SSSR count). The minimum Gasteiger partial charge on any atom is -0.441 e. The molecule has 39 heavy (non-hydrogen) atoms. The zero-order valence-electron chi connectivity index (χ0n) is 22.2. The second-order valence-corrected chi connectivity index (χ2v) is 13.7. The number of hydrogen-bond acceptors (Lipinski definition) is 9. The smallest absolute Gasteiger partial charge is 0.407 e. The van der Waals surface area contributed by atoms with E-state index in [1.54, 1.807) is 30.7 Å². The van der Waals surface area contributed by atoms with E-state index < -0.39 is 15.6 Å². The van der Waals surface area contributed by atoms with Crippen LogP contribution in [0.1, 0.15) is 57.4 Å². The van der Waals surface area contributed by atoms with Gasteiger partial charge in [-0.15, -0.1) is 11.3 Å². The van der Waals surface area contributed by atoms with Crippen molar-refractivity contribution in [1.82, 2.24) is 25.0 Å². The van der Waals surface area contributed by atoms with Gasteiger partial charge in [0, 0.05) is 47.3 Å². The first-order chi connectivity index (χ1) is 18.6. The number of ether oxygens (including phenoxy) is 2. The zero-order valence-corrected chi connectivity index (χ0v) is 23.8. The summed E-state index contributed by atoms with van der Waals surface area (Å²) in [6, 6.07) is 5.33. The Morgan fingerprint density at radius 2 is 1.92 bits per heavy atom. The fraction of sp³-hybridized carbons (Fsp3) is 0.500. The van der Waals surface area contributed by atoms with Crippen LogP contribution in [-0.4, -0.2) is 60.4 Å². The van der Waals surface area contributed by atoms with E-state index in [0.717, 1.165) is 35.6 Å². The number of thiazole rings is 1. The number of rotatable bonds is 8. The Balaban J connectivity index is 1.31. The molecule has 210 valence electrons. The number of sulfonamides is 1. The fourth-order valence-electron chi connectivity index (χ4n) is 4.67. The highest BCUT2D eigenvalue weighted by molar-refractivity contribution is 7.89. The van der Waals surface area contributed by atoms with Crippen LogP contribution >= 0.6 is 11.3 Å². The van der Waals surface area contributed by atoms with Crippen LogP contribution in [0.3, 0.4) is 0 Å². The Labute approximate surface area is 232 Å². The first-order valence-electron chi connectivity index (χ1n) is 13.0. The molecule has 0 atom stereocenters. The molecule has 1 amide bonds. The summed E-state index contributed by atoms with van der Waals surface area (Å²) in [4.78, 5) is 24.9. The third-order valence-electron chi connectivity index (χ3n) is 6.54. The van der Waals surface area contributed by atoms with Crippen molar-refractivity contribution in [3.63, 3.8) is 0 Å². The molecule has 0 radical (unpaired) electrons. The number of alkyl carbamates (subject to hydrolysis) is 1. The third kappa shape index (κ3) is 6.96. The average Bonchev–Trinajstić information content (AvgIpc) is 3.53. The Hall–Kier alpha value is -3.00. The van der Waals surface area contributed by atoms with E-state index >= 15 is 0 Å². The summed E-state index contributed by atoms with van der Waals surface area (Å²) in [5, 5.41) is 7.05. The molecule has 0 unspecified atom stereocenters. The summed E-state index contributed by atoms with van der Waals surface area (Å²) in [6.45, 7) is 6.36. The Morgan fingerprint density at radius 3 is 2.56 bits per heavy atom. The number of carbonyl (C=O) groups is 1. The molecule has 2 fully saturated rings. The monoisotopic (exact) mass is 574 g/mol. The Bertz CT molecular complexity index is 1390. The van der Waals surface area contributed by atoms with E-state index in [0.29, 0.717) is 30.4 Å². The lowest BCUT2D eigenvalue weighted by atomic mass is 9.86. The molecule has 3 heterocycles. The normalized spacial score (nSPS) is 20.3. The van der Waals surface area contributed by atoms with Gasteiger partial charge < -0.3 is 25.1 Å². The average molecular weight is 575 g/mol. The van der Waals surface area contributed by atoms with Gasteiger partial charge in [-0.3, -0.25) is 0 Å². The van der Waals surface area contributed by atoms with E-state index in [4.69, 9.17) is 9.47 Å². The highest BCUT2D eigenvalue weighted by atomic mass is 32.2. The quantitative estimate of drug-likeness (QED) is 0.307. The highest BCUT2D eigenvalue weighted by Gasteiger charge is 2.30. The van der Waals surface area contributed by atoms with E-state index in [2.05, 4.69) is 30.3 Å². The molecule has 0 spiro atoms. The first kappa shape index (κ1) is 27.6. The number of amides is 1. The number of nitrogens with zero attached hydrogens (tertiary/aromatic N) is 2. The predicted octanol–water partition coefficient (Wildman–Crippen LogP) is 4.50. The Kier molecular flexibility index (Phi) is 7.94. The molecule has 11 nitrogen and oxygen atoms in total. The van der Waals surface area contributed by atoms with Crippen molar-refractivity contribution >= 4 is 39.1 Å². The van der Waals surface area contributed by atoms with Crippen molar-refractivity contribution in [1.29, 1.82) is 0 Å². The van der Waals surface area contributed by atoms with Crippen LogP contribution in [-0.2, 0) is 19.5 Å². The summed E-state index contributed by atoms with van der Waals surface area (Å²) >= 11 is 1.52. The minimum absolute atomic E-state index is 0.0728. The maximum atomic E-state index is 13.5. The molecule has 2 aromatic heterocycles. The van der Waals surface area contributed by atoms with Crippen molar-refractivity contribution in [3.8, 4) is 10.4 Å². The summed E-state index contributed by atoms with van der Waals surface area (Å²) in [6.07, 6.45) is 7.97. The third-order valence-corrected chi connectivity index (χ3v) is 9.53. The van der Waals surface area contributed by atoms with Gasteiger partial charge in [-0.05, 0) is 58.6 Å². The molecule has 2 aliphatic rings. The van der Waals surface area contributed by atoms with Gasteiger partial charge in [0.15, 0.2) is 6.10 Å². The Morgan fingerprint density at radius 1 is 1.15 bits per heavy atom. The van der Waals surface area contributed by atoms with Crippen LogP contribution in [0.15, 0.2) is 41.7 Å². The molecule has 13 heteroatoms. The lowest BCUT2D eigenvalue weighted by Gasteiger charge is -2.30. The molecule has 1 saturated heterocycles. The van der Waals surface area contributed by atoms with Gasteiger partial charge in [-0.2, -0.15) is 0 Å². The number of benzene rings is 1. The number of aromatic amines is 1. The van der Waals surface area contributed by atoms with E-state index in [1.807, 2.05) is 26.8 Å². The summed E-state index contributed by atoms with van der Waals surface area (Å²) in [7, 11) is -3.84. The van der Waals surface area contributed by atoms with Gasteiger partial charge in [0.2, 0.25) is 16.0 Å². The molecule has 3 aromatic rings. The van der Waals surface area contributed by atoms with Gasteiger partial charge in [-0.25, -0.2) is 27.9 Å². The highest BCUT2D eigenvalue weighted by Crippen LogP contribution is 2.40. The molecule has 1 aromatic carbocycles. The maximum Gasteiger partial charge on any atom is 0.407 e. The van der Waals surface area contributed by atoms with Crippen molar-refractivity contribution < 1.29 is 22.7 Å². The lowest BCUT2D eigenvalue weighted by molar-refractivity contribution is -0.0985. The number of imidazole rings is 1. The van der Waals surface area contributed by atoms with Crippen LogP contribution in [0, 0.1) is 0 Å². The van der Waals surface area contributed by atoms with Crippen molar-refractivity contribution in [2.45, 2.75) is 75.0 Å². The van der Waals surface area contributed by atoms with Crippen LogP contribution in [0.4, 0.5) is 16.4 Å². The second kappa shape index (κ2) is 11.2. The lowest BCUT2D eigenvalue weighted by Crippen LogP contribution is -2.44. The number of H-pyrrole nitrogens is 1. The summed E-state index contributed by atoms with van der Waals surface area (Å²) in [5.41, 5.74) is 0.546. The van der Waals surface area contributed by atoms with Gasteiger partial charge in [0.05, 0.1) is 28.0 Å². The van der Waals surface area contributed by atoms with Crippen molar-refractivity contribution in [2.75, 3.05) is 18.5 Å². The minimum atomic E-state index is -3.84. The van der Waals surface area contributed by atoms with E-state index in [1.165, 1.54) is 11.3 Å². The largest absolute Gasteiger partial charge is 0.441 e. The van der Waals surface area contributed by atoms with Crippen molar-refractivity contribution in [3.05, 3.63) is 41.8 Å². The maximum absolute atomic E-state index is 13.5. The molecule has 4 N–H and O–H groups in total. The van der Waals surface area contributed by atoms with E-state index in [9.17, 15) is 13.2 Å². The summed E-state index contributed by atoms with van der Waals surface area (Å²) < 4.78 is 40.1. The topological polar surface area (TPSA) is 147 Å². The molecule has 1 saturated carbocycles. The number of carbonyl (C=O) groups excluding carboxylic acids is 1. The van der Waals surface area contributed by atoms with Gasteiger partial charge in [0.1, 0.15) is 0 Å². The number of nitrogens with one attached hydrogen (secondary N) is 4. The van der Waals surface area contributed by atoms with Gasteiger partial charge >= 0.3 is 6.09 Å². The fourth-order valence-corrected chi connectivity index (χ4v) is 7.53. The molecular formula is C26H34N6O5S2. The van der Waals surface area contributed by atoms with Crippen LogP contribution in [0.2, 0.25) is 0 Å². The van der Waals surface area contributed by atoms with Crippen molar-refractivity contribution in [2.24, 2.45) is 0 Å². The molecule has 1 aliphatic heterocycles. The van der Waals surface area contributed by atoms with Gasteiger partial charge in [-0.1, -0.05) is 6.07 Å². The van der Waals surface area contributed by atoms with Crippen LogP contribution < -0.4 is 15.4 Å².